The molecule has 1 aromatic heterocycles. The van der Waals surface area contributed by atoms with Gasteiger partial charge >= 0.3 is 0 Å². The lowest BCUT2D eigenvalue weighted by Crippen LogP contribution is -2.29. The van der Waals surface area contributed by atoms with Crippen LogP contribution in [0.25, 0.3) is 0 Å². The van der Waals surface area contributed by atoms with Crippen molar-refractivity contribution < 1.29 is 18.3 Å². The minimum absolute atomic E-state index is 0.129. The molecule has 0 aliphatic rings. The number of carbonyl (C=O) groups excluding carboxylic acids is 1. The largest absolute Gasteiger partial charge is 0.481 e. The summed E-state index contributed by atoms with van der Waals surface area (Å²) in [6, 6.07) is 7.60. The van der Waals surface area contributed by atoms with Crippen molar-refractivity contribution in [2.45, 2.75) is 24.7 Å². The average Bonchev–Trinajstić information content (AvgIpc) is 3.08. The summed E-state index contributed by atoms with van der Waals surface area (Å²) in [6.07, 6.45) is -0.225. The van der Waals surface area contributed by atoms with Crippen LogP contribution in [-0.4, -0.2) is 40.3 Å². The number of halogens is 1. The molecule has 9 heteroatoms. The molecule has 132 valence electrons. The molecular weight excluding hydrogens is 347 g/mol. The summed E-state index contributed by atoms with van der Waals surface area (Å²) in [5.41, 5.74) is 0. The molecule has 2 aromatic rings. The van der Waals surface area contributed by atoms with E-state index in [1.54, 1.807) is 14.0 Å². The van der Waals surface area contributed by atoms with E-state index in [-0.39, 0.29) is 35.0 Å². The first kappa shape index (κ1) is 18.7. The molecule has 0 aliphatic carbocycles. The maximum absolute atomic E-state index is 12.9. The highest BCUT2D eigenvalue weighted by Crippen LogP contribution is 2.24. The number of amides is 1. The minimum atomic E-state index is -0.513. The number of carbonyl (C=O) groups is 1. The number of hydrogen-bond acceptors (Lipinski definition) is 7. The van der Waals surface area contributed by atoms with Crippen LogP contribution in [0, 0.1) is 17.1 Å². The number of nitrogens with zero attached hydrogens (tertiary/aromatic N) is 4. The summed E-state index contributed by atoms with van der Waals surface area (Å²) in [4.78, 5) is 13.4. The van der Waals surface area contributed by atoms with Gasteiger partial charge in [-0.15, -0.1) is 10.2 Å². The molecule has 1 amide bonds. The summed E-state index contributed by atoms with van der Waals surface area (Å²) in [6.45, 7) is 2.11. The third-order valence-electron chi connectivity index (χ3n) is 3.20. The van der Waals surface area contributed by atoms with Gasteiger partial charge in [0.05, 0.1) is 18.2 Å². The number of benzene rings is 1. The Labute approximate surface area is 148 Å². The molecule has 0 spiro atoms. The van der Waals surface area contributed by atoms with Gasteiger partial charge in [0, 0.05) is 13.6 Å². The van der Waals surface area contributed by atoms with Gasteiger partial charge in [0.2, 0.25) is 5.91 Å². The highest BCUT2D eigenvalue weighted by Gasteiger charge is 2.17. The van der Waals surface area contributed by atoms with Gasteiger partial charge in [-0.1, -0.05) is 11.8 Å². The van der Waals surface area contributed by atoms with Crippen LogP contribution in [0.3, 0.4) is 0 Å². The quantitative estimate of drug-likeness (QED) is 0.665. The average molecular weight is 364 g/mol. The first-order valence-electron chi connectivity index (χ1n) is 7.49. The van der Waals surface area contributed by atoms with Gasteiger partial charge in [0.25, 0.3) is 11.1 Å². The Balaban J connectivity index is 1.85. The van der Waals surface area contributed by atoms with E-state index in [1.807, 2.05) is 6.07 Å². The predicted octanol–water partition coefficient (Wildman–Crippen LogP) is 2.81. The lowest BCUT2D eigenvalue weighted by Gasteiger charge is -2.14. The van der Waals surface area contributed by atoms with E-state index in [9.17, 15) is 9.18 Å². The van der Waals surface area contributed by atoms with E-state index in [4.69, 9.17) is 14.4 Å². The number of thioether (sulfide) groups is 1. The third kappa shape index (κ3) is 5.76. The number of aromatic nitrogens is 2. The maximum Gasteiger partial charge on any atom is 0.277 e. The van der Waals surface area contributed by atoms with Crippen molar-refractivity contribution in [1.82, 2.24) is 15.1 Å². The van der Waals surface area contributed by atoms with Crippen LogP contribution in [0.1, 0.15) is 25.3 Å². The van der Waals surface area contributed by atoms with Crippen molar-refractivity contribution in [3.63, 3.8) is 0 Å². The van der Waals surface area contributed by atoms with Crippen molar-refractivity contribution in [2.75, 3.05) is 19.3 Å². The van der Waals surface area contributed by atoms with Gasteiger partial charge in [-0.25, -0.2) is 4.39 Å². The number of nitriles is 1. The summed E-state index contributed by atoms with van der Waals surface area (Å²) >= 11 is 1.12. The highest BCUT2D eigenvalue weighted by molar-refractivity contribution is 7.99. The van der Waals surface area contributed by atoms with Gasteiger partial charge in [0.1, 0.15) is 11.6 Å². The van der Waals surface area contributed by atoms with Gasteiger partial charge in [-0.2, -0.15) is 5.26 Å². The van der Waals surface area contributed by atoms with Crippen LogP contribution in [-0.2, 0) is 4.79 Å². The summed E-state index contributed by atoms with van der Waals surface area (Å²) < 4.78 is 23.9. The second-order valence-corrected chi connectivity index (χ2v) is 6.06. The highest BCUT2D eigenvalue weighted by atomic mass is 32.2. The predicted molar refractivity (Wildman–Crippen MR) is 88.3 cm³/mol. The zero-order valence-corrected chi connectivity index (χ0v) is 14.6. The van der Waals surface area contributed by atoms with Crippen molar-refractivity contribution in [3.8, 4) is 11.8 Å². The van der Waals surface area contributed by atoms with Gasteiger partial charge in [-0.05, 0) is 31.2 Å². The topological polar surface area (TPSA) is 92.3 Å². The van der Waals surface area contributed by atoms with E-state index in [0.29, 0.717) is 12.3 Å². The van der Waals surface area contributed by atoms with E-state index < -0.39 is 6.10 Å². The summed E-state index contributed by atoms with van der Waals surface area (Å²) in [7, 11) is 1.64. The van der Waals surface area contributed by atoms with E-state index in [2.05, 4.69) is 10.2 Å². The van der Waals surface area contributed by atoms with Crippen molar-refractivity contribution in [3.05, 3.63) is 36.0 Å². The van der Waals surface area contributed by atoms with Crippen molar-refractivity contribution >= 4 is 17.7 Å². The van der Waals surface area contributed by atoms with E-state index in [0.717, 1.165) is 11.8 Å². The zero-order chi connectivity index (χ0) is 18.2. The van der Waals surface area contributed by atoms with Crippen LogP contribution >= 0.6 is 11.8 Å². The van der Waals surface area contributed by atoms with Crippen molar-refractivity contribution in [1.29, 1.82) is 5.26 Å². The Kier molecular flexibility index (Phi) is 6.77. The molecule has 0 bridgehead atoms. The summed E-state index contributed by atoms with van der Waals surface area (Å²) in [5, 5.41) is 16.5. The zero-order valence-electron chi connectivity index (χ0n) is 13.8. The molecule has 0 fully saturated rings. The van der Waals surface area contributed by atoms with Crippen LogP contribution < -0.4 is 4.74 Å². The molecular formula is C16H17FN4O3S. The Morgan fingerprint density at radius 1 is 1.44 bits per heavy atom. The third-order valence-corrected chi connectivity index (χ3v) is 4.00. The summed E-state index contributed by atoms with van der Waals surface area (Å²) in [5.74, 6) is 0.403. The molecule has 0 aliphatic heterocycles. The van der Waals surface area contributed by atoms with Crippen LogP contribution in [0.4, 0.5) is 4.39 Å². The minimum Gasteiger partial charge on any atom is -0.481 e. The van der Waals surface area contributed by atoms with Gasteiger partial charge in [0.15, 0.2) is 6.10 Å². The number of hydrogen-bond donors (Lipinski definition) is 0. The first-order valence-corrected chi connectivity index (χ1v) is 8.47. The molecule has 1 aromatic carbocycles. The number of ether oxygens (including phenoxy) is 1. The van der Waals surface area contributed by atoms with Gasteiger partial charge < -0.3 is 14.1 Å². The fourth-order valence-electron chi connectivity index (χ4n) is 1.79. The molecule has 0 radical (unpaired) electrons. The Morgan fingerprint density at radius 3 is 2.84 bits per heavy atom. The standard InChI is InChI=1S/C16H17FN4O3S/c1-11(23-13-6-4-12(17)5-7-13)15-19-20-16(24-15)25-10-14(22)21(2)9-3-8-18/h4-7,11H,3,9-10H2,1-2H3/t11-/m1/s1. The number of rotatable bonds is 8. The van der Waals surface area contributed by atoms with E-state index in [1.165, 1.54) is 29.2 Å². The van der Waals surface area contributed by atoms with Crippen LogP contribution in [0.2, 0.25) is 0 Å². The van der Waals surface area contributed by atoms with Crippen molar-refractivity contribution in [2.24, 2.45) is 0 Å². The van der Waals surface area contributed by atoms with Gasteiger partial charge in [-0.3, -0.25) is 4.79 Å². The molecule has 25 heavy (non-hydrogen) atoms. The molecule has 1 atom stereocenters. The molecule has 0 saturated heterocycles. The second-order valence-electron chi connectivity index (χ2n) is 5.13. The smallest absolute Gasteiger partial charge is 0.277 e. The SMILES string of the molecule is C[C@@H](Oc1ccc(F)cc1)c1nnc(SCC(=O)N(C)CCC#N)o1. The normalized spacial score (nSPS) is 11.6. The fraction of sp³-hybridized carbons (Fsp3) is 0.375. The lowest BCUT2D eigenvalue weighted by molar-refractivity contribution is -0.127. The molecule has 0 saturated carbocycles. The molecule has 1 heterocycles. The van der Waals surface area contributed by atoms with Crippen LogP contribution in [0.15, 0.2) is 33.9 Å². The molecule has 2 rings (SSSR count). The fourth-order valence-corrected chi connectivity index (χ4v) is 2.50. The Hall–Kier alpha value is -2.60. The first-order chi connectivity index (χ1) is 12.0. The van der Waals surface area contributed by atoms with Crippen LogP contribution in [0.5, 0.6) is 5.75 Å². The Morgan fingerprint density at radius 2 is 2.16 bits per heavy atom. The Bertz CT molecular complexity index is 745. The molecule has 7 nitrogen and oxygen atoms in total. The second kappa shape index (κ2) is 9.03. The maximum atomic E-state index is 12.9. The molecule has 0 unspecified atom stereocenters. The monoisotopic (exact) mass is 364 g/mol. The molecule has 0 N–H and O–H groups in total. The lowest BCUT2D eigenvalue weighted by atomic mass is 10.3. The van der Waals surface area contributed by atoms with E-state index >= 15 is 0 Å².